The summed E-state index contributed by atoms with van der Waals surface area (Å²) in [7, 11) is 0. The van der Waals surface area contributed by atoms with Crippen molar-refractivity contribution >= 4 is 55.8 Å². The Bertz CT molecular complexity index is 2380. The van der Waals surface area contributed by atoms with E-state index >= 15 is 0 Å². The SMILES string of the molecule is CC.Cc1ccc(-c2cc(-c3cccc4ccccc34)c3cccc(N4c5ccccc5N(c5ccccc5)c5ccccc54)c3n2)cc1. The smallest absolute Gasteiger partial charge is 0.0956 e. The molecule has 7 aromatic carbocycles. The van der Waals surface area contributed by atoms with Gasteiger partial charge in [-0.15, -0.1) is 0 Å². The molecule has 0 fully saturated rings. The van der Waals surface area contributed by atoms with Crippen molar-refractivity contribution in [1.82, 2.24) is 4.98 Å². The molecule has 0 aliphatic carbocycles. The average Bonchev–Trinajstić information content (AvgIpc) is 3.17. The molecule has 3 nitrogen and oxygen atoms in total. The molecule has 0 N–H and O–H groups in total. The van der Waals surface area contributed by atoms with Crippen molar-refractivity contribution in [3.8, 4) is 22.4 Å². The van der Waals surface area contributed by atoms with E-state index in [0.717, 1.165) is 56.3 Å². The quantitative estimate of drug-likeness (QED) is 0.193. The minimum atomic E-state index is 0.956. The third kappa shape index (κ3) is 5.21. The Balaban J connectivity index is 0.00000171. The number of hydrogen-bond donors (Lipinski definition) is 0. The van der Waals surface area contributed by atoms with Gasteiger partial charge >= 0.3 is 0 Å². The molecule has 0 saturated heterocycles. The van der Waals surface area contributed by atoms with E-state index in [1.165, 1.54) is 27.5 Å². The van der Waals surface area contributed by atoms with Crippen molar-refractivity contribution in [3.05, 3.63) is 175 Å². The lowest BCUT2D eigenvalue weighted by molar-refractivity contribution is 1.17. The van der Waals surface area contributed by atoms with Gasteiger partial charge in [-0.3, -0.25) is 0 Å². The molecule has 3 heteroatoms. The Morgan fingerprint density at radius 2 is 0.959 bits per heavy atom. The molecule has 0 bridgehead atoms. The predicted molar refractivity (Wildman–Crippen MR) is 209 cm³/mol. The molecule has 9 rings (SSSR count). The molecule has 0 atom stereocenters. The highest BCUT2D eigenvalue weighted by molar-refractivity contribution is 6.11. The molecule has 0 saturated carbocycles. The van der Waals surface area contributed by atoms with Crippen molar-refractivity contribution in [1.29, 1.82) is 0 Å². The highest BCUT2D eigenvalue weighted by Gasteiger charge is 2.31. The van der Waals surface area contributed by atoms with Crippen LogP contribution in [0, 0.1) is 6.92 Å². The number of anilines is 6. The van der Waals surface area contributed by atoms with Gasteiger partial charge in [-0.1, -0.05) is 141 Å². The predicted octanol–water partition coefficient (Wildman–Crippen LogP) is 13.3. The average molecular weight is 632 g/mol. The summed E-state index contributed by atoms with van der Waals surface area (Å²) in [6, 6.07) is 60.8. The van der Waals surface area contributed by atoms with Crippen LogP contribution >= 0.6 is 0 Å². The minimum absolute atomic E-state index is 0.956. The van der Waals surface area contributed by atoms with E-state index in [2.05, 4.69) is 187 Å². The lowest BCUT2D eigenvalue weighted by Gasteiger charge is -2.40. The maximum absolute atomic E-state index is 5.48. The van der Waals surface area contributed by atoms with E-state index in [-0.39, 0.29) is 0 Å². The molecule has 0 spiro atoms. The van der Waals surface area contributed by atoms with Crippen LogP contribution in [-0.2, 0) is 0 Å². The number of fused-ring (bicyclic) bond motifs is 4. The minimum Gasteiger partial charge on any atom is -0.306 e. The van der Waals surface area contributed by atoms with E-state index in [4.69, 9.17) is 4.98 Å². The Morgan fingerprint density at radius 3 is 1.65 bits per heavy atom. The van der Waals surface area contributed by atoms with Crippen molar-refractivity contribution in [2.24, 2.45) is 0 Å². The third-order valence-electron chi connectivity index (χ3n) is 9.23. The van der Waals surface area contributed by atoms with Gasteiger partial charge in [0.25, 0.3) is 0 Å². The van der Waals surface area contributed by atoms with E-state index in [1.54, 1.807) is 0 Å². The Labute approximate surface area is 288 Å². The second-order valence-corrected chi connectivity index (χ2v) is 12.1. The molecule has 0 unspecified atom stereocenters. The number of nitrogens with zero attached hydrogens (tertiary/aromatic N) is 3. The van der Waals surface area contributed by atoms with Crippen LogP contribution in [0.15, 0.2) is 170 Å². The van der Waals surface area contributed by atoms with Crippen LogP contribution in [0.5, 0.6) is 0 Å². The number of benzene rings is 7. The first kappa shape index (κ1) is 30.2. The summed E-state index contributed by atoms with van der Waals surface area (Å²) in [5.41, 5.74) is 13.3. The maximum atomic E-state index is 5.48. The fourth-order valence-corrected chi connectivity index (χ4v) is 7.03. The molecule has 49 heavy (non-hydrogen) atoms. The molecular weight excluding hydrogens is 595 g/mol. The van der Waals surface area contributed by atoms with Crippen LogP contribution < -0.4 is 9.80 Å². The topological polar surface area (TPSA) is 19.4 Å². The van der Waals surface area contributed by atoms with Crippen LogP contribution in [0.1, 0.15) is 19.4 Å². The van der Waals surface area contributed by atoms with E-state index in [1.807, 2.05) is 13.8 Å². The lowest BCUT2D eigenvalue weighted by Crippen LogP contribution is -2.24. The molecule has 0 amide bonds. The van der Waals surface area contributed by atoms with Gasteiger partial charge in [-0.25, -0.2) is 4.98 Å². The standard InChI is InChI=1S/C44H31N3.C2H6/c1-30-25-27-32(28-26-30)38-29-37(35-18-11-14-31-13-5-6-17-34(31)35)36-19-12-24-43(44(36)45-38)47-41-22-9-7-20-39(41)46(33-15-3-2-4-16-33)40-21-8-10-23-42(40)47;1-2/h2-29H,1H3;1-2H3. The van der Waals surface area contributed by atoms with Gasteiger partial charge in [-0.05, 0) is 77.4 Å². The number of para-hydroxylation sites is 6. The van der Waals surface area contributed by atoms with Gasteiger partial charge in [0.2, 0.25) is 0 Å². The molecule has 1 aliphatic heterocycles. The van der Waals surface area contributed by atoms with Crippen LogP contribution in [0.4, 0.5) is 34.1 Å². The summed E-state index contributed by atoms with van der Waals surface area (Å²) in [4.78, 5) is 10.2. The van der Waals surface area contributed by atoms with Gasteiger partial charge in [0, 0.05) is 16.6 Å². The first-order chi connectivity index (χ1) is 24.2. The highest BCUT2D eigenvalue weighted by Crippen LogP contribution is 2.55. The first-order valence-electron chi connectivity index (χ1n) is 17.1. The summed E-state index contributed by atoms with van der Waals surface area (Å²) in [6.07, 6.45) is 0. The normalized spacial score (nSPS) is 11.9. The maximum Gasteiger partial charge on any atom is 0.0956 e. The summed E-state index contributed by atoms with van der Waals surface area (Å²) in [6.45, 7) is 6.13. The zero-order chi connectivity index (χ0) is 33.3. The number of hydrogen-bond acceptors (Lipinski definition) is 3. The van der Waals surface area contributed by atoms with Gasteiger partial charge in [-0.2, -0.15) is 0 Å². The molecule has 2 heterocycles. The Kier molecular flexibility index (Phi) is 7.87. The van der Waals surface area contributed by atoms with Gasteiger partial charge in [0.05, 0.1) is 39.6 Å². The molecule has 0 radical (unpaired) electrons. The van der Waals surface area contributed by atoms with Crippen LogP contribution in [0.25, 0.3) is 44.1 Å². The highest BCUT2D eigenvalue weighted by atomic mass is 15.3. The number of rotatable bonds is 4. The third-order valence-corrected chi connectivity index (χ3v) is 9.23. The number of aromatic nitrogens is 1. The molecular formula is C46H37N3. The molecule has 1 aromatic heterocycles. The van der Waals surface area contributed by atoms with Crippen LogP contribution in [0.3, 0.4) is 0 Å². The van der Waals surface area contributed by atoms with Crippen LogP contribution in [0.2, 0.25) is 0 Å². The molecule has 1 aliphatic rings. The Morgan fingerprint density at radius 1 is 0.429 bits per heavy atom. The fraction of sp³-hybridized carbons (Fsp3) is 0.0652. The summed E-state index contributed by atoms with van der Waals surface area (Å²) in [5.74, 6) is 0. The molecule has 8 aromatic rings. The first-order valence-corrected chi connectivity index (χ1v) is 17.1. The largest absolute Gasteiger partial charge is 0.306 e. The van der Waals surface area contributed by atoms with Gasteiger partial charge < -0.3 is 9.80 Å². The summed E-state index contributed by atoms with van der Waals surface area (Å²) < 4.78 is 0. The Hall–Kier alpha value is -6.19. The monoisotopic (exact) mass is 631 g/mol. The van der Waals surface area contributed by atoms with E-state index in [9.17, 15) is 0 Å². The van der Waals surface area contributed by atoms with Crippen LogP contribution in [-0.4, -0.2) is 4.98 Å². The van der Waals surface area contributed by atoms with Gasteiger partial charge in [0.1, 0.15) is 0 Å². The van der Waals surface area contributed by atoms with Crippen molar-refractivity contribution < 1.29 is 0 Å². The number of pyridine rings is 1. The fourth-order valence-electron chi connectivity index (χ4n) is 7.03. The summed E-state index contributed by atoms with van der Waals surface area (Å²) >= 11 is 0. The molecule has 236 valence electrons. The summed E-state index contributed by atoms with van der Waals surface area (Å²) in [5, 5.41) is 3.58. The van der Waals surface area contributed by atoms with E-state index < -0.39 is 0 Å². The van der Waals surface area contributed by atoms with Crippen molar-refractivity contribution in [2.45, 2.75) is 20.8 Å². The second kappa shape index (κ2) is 12.8. The van der Waals surface area contributed by atoms with Gasteiger partial charge in [0.15, 0.2) is 0 Å². The van der Waals surface area contributed by atoms with E-state index in [0.29, 0.717) is 0 Å². The zero-order valence-electron chi connectivity index (χ0n) is 28.0. The lowest BCUT2D eigenvalue weighted by atomic mass is 9.93. The second-order valence-electron chi connectivity index (χ2n) is 12.1. The van der Waals surface area contributed by atoms with Crippen molar-refractivity contribution in [2.75, 3.05) is 9.80 Å². The zero-order valence-corrected chi connectivity index (χ0v) is 28.0. The van der Waals surface area contributed by atoms with Crippen molar-refractivity contribution in [3.63, 3.8) is 0 Å². The number of aryl methyl sites for hydroxylation is 1.